The summed E-state index contributed by atoms with van der Waals surface area (Å²) in [5, 5.41) is 10.3. The van der Waals surface area contributed by atoms with Crippen molar-refractivity contribution in [1.29, 1.82) is 0 Å². The summed E-state index contributed by atoms with van der Waals surface area (Å²) in [6.45, 7) is 1.65. The summed E-state index contributed by atoms with van der Waals surface area (Å²) in [6.07, 6.45) is -0.313. The van der Waals surface area contributed by atoms with Gasteiger partial charge in [0.2, 0.25) is 0 Å². The van der Waals surface area contributed by atoms with Crippen LogP contribution in [0, 0.1) is 0 Å². The molecule has 0 atom stereocenters. The minimum Gasteiger partial charge on any atom is -0.481 e. The number of carboxylic acid groups (broad SMARTS) is 1. The molecule has 21 heavy (non-hydrogen) atoms. The highest BCUT2D eigenvalue weighted by Gasteiger charge is 2.22. The van der Waals surface area contributed by atoms with E-state index in [1.165, 1.54) is 13.1 Å². The first-order chi connectivity index (χ1) is 9.77. The normalized spacial score (nSPS) is 11.4. The fourth-order valence-corrected chi connectivity index (χ4v) is 3.28. The number of anilines is 1. The van der Waals surface area contributed by atoms with Crippen LogP contribution in [0.25, 0.3) is 0 Å². The van der Waals surface area contributed by atoms with Crippen molar-refractivity contribution in [3.63, 3.8) is 0 Å². The zero-order valence-corrected chi connectivity index (χ0v) is 13.2. The second kappa shape index (κ2) is 7.38. The Morgan fingerprint density at radius 2 is 2.14 bits per heavy atom. The van der Waals surface area contributed by atoms with Gasteiger partial charge in [-0.25, -0.2) is 4.79 Å². The zero-order valence-electron chi connectivity index (χ0n) is 11.5. The Morgan fingerprint density at radius 3 is 2.71 bits per heavy atom. The van der Waals surface area contributed by atoms with Gasteiger partial charge in [-0.2, -0.15) is 12.7 Å². The van der Waals surface area contributed by atoms with E-state index in [4.69, 9.17) is 9.84 Å². The molecule has 1 rings (SSSR count). The number of hydrogen-bond donors (Lipinski definition) is 2. The quantitative estimate of drug-likeness (QED) is 0.684. The van der Waals surface area contributed by atoms with Crippen molar-refractivity contribution in [3.8, 4) is 0 Å². The summed E-state index contributed by atoms with van der Waals surface area (Å²) in [4.78, 5) is 22.1. The SMILES string of the molecule is CCOC(=O)c1ccsc1NS(=O)(=O)N(C)CCC(=O)O. The van der Waals surface area contributed by atoms with E-state index in [1.807, 2.05) is 0 Å². The molecule has 1 aromatic heterocycles. The summed E-state index contributed by atoms with van der Waals surface area (Å²) >= 11 is 1.04. The van der Waals surface area contributed by atoms with Crippen molar-refractivity contribution in [3.05, 3.63) is 17.0 Å². The van der Waals surface area contributed by atoms with E-state index in [-0.39, 0.29) is 30.1 Å². The minimum atomic E-state index is -3.93. The second-order valence-corrected chi connectivity index (χ2v) is 6.65. The first-order valence-electron chi connectivity index (χ1n) is 5.98. The fraction of sp³-hybridized carbons (Fsp3) is 0.455. The molecule has 0 saturated heterocycles. The van der Waals surface area contributed by atoms with Gasteiger partial charge < -0.3 is 9.84 Å². The second-order valence-electron chi connectivity index (χ2n) is 3.96. The number of ether oxygens (including phenoxy) is 1. The molecule has 0 saturated carbocycles. The molecule has 1 heterocycles. The summed E-state index contributed by atoms with van der Waals surface area (Å²) in [5.74, 6) is -1.72. The number of aliphatic carboxylic acids is 1. The Balaban J connectivity index is 2.82. The standard InChI is InChI=1S/C11H16N2O6S2/c1-3-19-11(16)8-5-7-20-10(8)12-21(17,18)13(2)6-4-9(14)15/h5,7,12H,3-4,6H2,1-2H3,(H,14,15). The lowest BCUT2D eigenvalue weighted by Crippen LogP contribution is -2.34. The van der Waals surface area contributed by atoms with Crippen molar-refractivity contribution in [2.45, 2.75) is 13.3 Å². The molecule has 118 valence electrons. The maximum Gasteiger partial charge on any atom is 0.341 e. The average Bonchev–Trinajstić information content (AvgIpc) is 2.83. The molecule has 0 aliphatic carbocycles. The van der Waals surface area contributed by atoms with Crippen molar-refractivity contribution in [2.75, 3.05) is 24.9 Å². The van der Waals surface area contributed by atoms with E-state index in [1.54, 1.807) is 12.3 Å². The summed E-state index contributed by atoms with van der Waals surface area (Å²) in [7, 11) is -2.67. The summed E-state index contributed by atoms with van der Waals surface area (Å²) < 4.78 is 32.0. The van der Waals surface area contributed by atoms with Crippen LogP contribution in [0.2, 0.25) is 0 Å². The number of carbonyl (C=O) groups is 2. The van der Waals surface area contributed by atoms with Crippen LogP contribution in [0.15, 0.2) is 11.4 Å². The molecule has 0 spiro atoms. The molecule has 0 radical (unpaired) electrons. The summed E-state index contributed by atoms with van der Waals surface area (Å²) in [5.41, 5.74) is 0.122. The molecule has 0 bridgehead atoms. The molecule has 0 aliphatic heterocycles. The van der Waals surface area contributed by atoms with Crippen LogP contribution < -0.4 is 4.72 Å². The van der Waals surface area contributed by atoms with Crippen LogP contribution in [-0.4, -0.2) is 50.0 Å². The van der Waals surface area contributed by atoms with Crippen LogP contribution >= 0.6 is 11.3 Å². The van der Waals surface area contributed by atoms with Crippen molar-refractivity contribution < 1.29 is 27.9 Å². The number of carbonyl (C=O) groups excluding carboxylic acids is 1. The zero-order chi connectivity index (χ0) is 16.0. The van der Waals surface area contributed by atoms with Gasteiger partial charge >= 0.3 is 22.1 Å². The van der Waals surface area contributed by atoms with E-state index in [2.05, 4.69) is 4.72 Å². The third-order valence-electron chi connectivity index (χ3n) is 2.43. The topological polar surface area (TPSA) is 113 Å². The van der Waals surface area contributed by atoms with Gasteiger partial charge in [-0.1, -0.05) is 0 Å². The Labute approximate surface area is 126 Å². The molecule has 8 nitrogen and oxygen atoms in total. The largest absolute Gasteiger partial charge is 0.481 e. The highest BCUT2D eigenvalue weighted by Crippen LogP contribution is 2.25. The van der Waals surface area contributed by atoms with Crippen LogP contribution in [0.5, 0.6) is 0 Å². The number of hydrogen-bond acceptors (Lipinski definition) is 6. The number of nitrogens with one attached hydrogen (secondary N) is 1. The highest BCUT2D eigenvalue weighted by atomic mass is 32.2. The molecular weight excluding hydrogens is 320 g/mol. The van der Waals surface area contributed by atoms with Gasteiger partial charge in [-0.15, -0.1) is 11.3 Å². The first-order valence-corrected chi connectivity index (χ1v) is 8.30. The predicted octanol–water partition coefficient (Wildman–Crippen LogP) is 0.988. The highest BCUT2D eigenvalue weighted by molar-refractivity contribution is 7.90. The molecule has 0 fully saturated rings. The lowest BCUT2D eigenvalue weighted by molar-refractivity contribution is -0.137. The number of rotatable bonds is 8. The molecule has 0 aromatic carbocycles. The van der Waals surface area contributed by atoms with Gasteiger partial charge in [0.25, 0.3) is 0 Å². The van der Waals surface area contributed by atoms with Crippen LogP contribution in [0.4, 0.5) is 5.00 Å². The predicted molar refractivity (Wildman–Crippen MR) is 77.7 cm³/mol. The molecule has 10 heteroatoms. The van der Waals surface area contributed by atoms with E-state index < -0.39 is 22.1 Å². The lowest BCUT2D eigenvalue weighted by Gasteiger charge is -2.17. The Kier molecular flexibility index (Phi) is 6.12. The fourth-order valence-electron chi connectivity index (χ4n) is 1.33. The maximum atomic E-state index is 12.0. The number of carboxylic acids is 1. The molecule has 2 N–H and O–H groups in total. The molecule has 0 unspecified atom stereocenters. The molecule has 0 amide bonds. The Morgan fingerprint density at radius 1 is 1.48 bits per heavy atom. The van der Waals surface area contributed by atoms with E-state index >= 15 is 0 Å². The number of esters is 1. The van der Waals surface area contributed by atoms with Crippen LogP contribution in [0.3, 0.4) is 0 Å². The molecular formula is C11H16N2O6S2. The third kappa shape index (κ3) is 4.99. The third-order valence-corrected chi connectivity index (χ3v) is 4.86. The Hall–Kier alpha value is -1.65. The van der Waals surface area contributed by atoms with E-state index in [9.17, 15) is 18.0 Å². The van der Waals surface area contributed by atoms with Gasteiger partial charge in [0, 0.05) is 13.6 Å². The van der Waals surface area contributed by atoms with Gasteiger partial charge in [0.15, 0.2) is 0 Å². The lowest BCUT2D eigenvalue weighted by atomic mass is 10.3. The van der Waals surface area contributed by atoms with Crippen LogP contribution in [0.1, 0.15) is 23.7 Å². The van der Waals surface area contributed by atoms with Crippen molar-refractivity contribution >= 4 is 38.5 Å². The minimum absolute atomic E-state index is 0.122. The van der Waals surface area contributed by atoms with Crippen molar-refractivity contribution in [1.82, 2.24) is 4.31 Å². The van der Waals surface area contributed by atoms with Crippen LogP contribution in [-0.2, 0) is 19.7 Å². The van der Waals surface area contributed by atoms with Gasteiger partial charge in [0.1, 0.15) is 5.00 Å². The Bertz CT molecular complexity index is 610. The van der Waals surface area contributed by atoms with E-state index in [0.717, 1.165) is 15.6 Å². The monoisotopic (exact) mass is 336 g/mol. The average molecular weight is 336 g/mol. The molecule has 0 aliphatic rings. The van der Waals surface area contributed by atoms with Crippen molar-refractivity contribution in [2.24, 2.45) is 0 Å². The van der Waals surface area contributed by atoms with Gasteiger partial charge in [-0.05, 0) is 18.4 Å². The van der Waals surface area contributed by atoms with E-state index in [0.29, 0.717) is 0 Å². The maximum absolute atomic E-state index is 12.0. The summed E-state index contributed by atoms with van der Waals surface area (Å²) in [6, 6.07) is 1.46. The first kappa shape index (κ1) is 17.4. The number of nitrogens with zero attached hydrogens (tertiary/aromatic N) is 1. The molecule has 1 aromatic rings. The number of thiophene rings is 1. The van der Waals surface area contributed by atoms with Gasteiger partial charge in [0.05, 0.1) is 18.6 Å². The van der Waals surface area contributed by atoms with Gasteiger partial charge in [-0.3, -0.25) is 9.52 Å². The smallest absolute Gasteiger partial charge is 0.341 e.